The molecule has 0 atom stereocenters. The average Bonchev–Trinajstić information content (AvgIpc) is 3.18. The third-order valence-electron chi connectivity index (χ3n) is 4.23. The number of thiophene rings is 1. The monoisotopic (exact) mass is 380 g/mol. The van der Waals surface area contributed by atoms with Gasteiger partial charge in [0.2, 0.25) is 5.91 Å². The molecule has 0 unspecified atom stereocenters. The van der Waals surface area contributed by atoms with Gasteiger partial charge < -0.3 is 15.5 Å². The van der Waals surface area contributed by atoms with Crippen LogP contribution in [0.5, 0.6) is 0 Å². The Bertz CT molecular complexity index is 841. The molecule has 0 spiro atoms. The fraction of sp³-hybridized carbons (Fsp3) is 0.238. The summed E-state index contributed by atoms with van der Waals surface area (Å²) in [6.07, 6.45) is 2.05. The van der Waals surface area contributed by atoms with Gasteiger partial charge in [0, 0.05) is 29.3 Å². The normalized spacial score (nSPS) is 10.4. The Kier molecular flexibility index (Phi) is 6.44. The van der Waals surface area contributed by atoms with Gasteiger partial charge in [0.1, 0.15) is 5.82 Å². The predicted octanol–water partition coefficient (Wildman–Crippen LogP) is 4.91. The van der Waals surface area contributed by atoms with Crippen molar-refractivity contribution in [2.45, 2.75) is 20.3 Å². The second-order valence-corrected chi connectivity index (χ2v) is 7.11. The number of pyridine rings is 1. The minimum atomic E-state index is -0.0352. The summed E-state index contributed by atoms with van der Waals surface area (Å²) in [5, 5.41) is 8.13. The molecule has 1 aromatic carbocycles. The Morgan fingerprint density at radius 1 is 1.04 bits per heavy atom. The SMILES string of the molecule is CCN(CC)c1ccc(Nc2ccc(NC(=O)Cc3cccs3)cn2)cc1. The number of nitrogens with one attached hydrogen (secondary N) is 2. The van der Waals surface area contributed by atoms with Gasteiger partial charge in [-0.05, 0) is 61.7 Å². The van der Waals surface area contributed by atoms with Gasteiger partial charge in [-0.15, -0.1) is 11.3 Å². The summed E-state index contributed by atoms with van der Waals surface area (Å²) >= 11 is 1.58. The Balaban J connectivity index is 1.56. The first-order valence-corrected chi connectivity index (χ1v) is 9.96. The molecular weight excluding hydrogens is 356 g/mol. The van der Waals surface area contributed by atoms with E-state index in [4.69, 9.17) is 0 Å². The maximum Gasteiger partial charge on any atom is 0.229 e. The lowest BCUT2D eigenvalue weighted by molar-refractivity contribution is -0.115. The Morgan fingerprint density at radius 2 is 1.78 bits per heavy atom. The molecule has 140 valence electrons. The smallest absolute Gasteiger partial charge is 0.229 e. The summed E-state index contributed by atoms with van der Waals surface area (Å²) in [5.41, 5.74) is 2.88. The first-order chi connectivity index (χ1) is 13.2. The van der Waals surface area contributed by atoms with E-state index in [2.05, 4.69) is 46.5 Å². The summed E-state index contributed by atoms with van der Waals surface area (Å²) in [7, 11) is 0. The molecule has 6 heteroatoms. The number of anilines is 4. The number of hydrogen-bond donors (Lipinski definition) is 2. The summed E-state index contributed by atoms with van der Waals surface area (Å²) in [4.78, 5) is 19.8. The van der Waals surface area contributed by atoms with Gasteiger partial charge in [0.05, 0.1) is 18.3 Å². The Morgan fingerprint density at radius 3 is 2.37 bits per heavy atom. The van der Waals surface area contributed by atoms with Gasteiger partial charge in [-0.2, -0.15) is 0 Å². The van der Waals surface area contributed by atoms with Gasteiger partial charge in [-0.3, -0.25) is 4.79 Å². The molecule has 2 heterocycles. The first-order valence-electron chi connectivity index (χ1n) is 9.08. The van der Waals surface area contributed by atoms with E-state index in [9.17, 15) is 4.79 Å². The molecule has 0 aliphatic heterocycles. The lowest BCUT2D eigenvalue weighted by atomic mass is 10.2. The van der Waals surface area contributed by atoms with Crippen LogP contribution in [0.3, 0.4) is 0 Å². The van der Waals surface area contributed by atoms with Crippen molar-refractivity contribution in [3.63, 3.8) is 0 Å². The molecule has 3 rings (SSSR count). The standard InChI is InChI=1S/C21H24N4OS/c1-3-25(4-2)18-10-7-16(8-11-18)23-20-12-9-17(15-22-20)24-21(26)14-19-6-5-13-27-19/h5-13,15H,3-4,14H2,1-2H3,(H,22,23)(H,24,26). The average molecular weight is 381 g/mol. The lowest BCUT2D eigenvalue weighted by Crippen LogP contribution is -2.21. The van der Waals surface area contributed by atoms with Crippen LogP contribution in [0.25, 0.3) is 0 Å². The molecule has 5 nitrogen and oxygen atoms in total. The van der Waals surface area contributed by atoms with Crippen molar-refractivity contribution in [2.24, 2.45) is 0 Å². The minimum absolute atomic E-state index is 0.0352. The lowest BCUT2D eigenvalue weighted by Gasteiger charge is -2.21. The molecule has 27 heavy (non-hydrogen) atoms. The summed E-state index contributed by atoms with van der Waals surface area (Å²) < 4.78 is 0. The number of hydrogen-bond acceptors (Lipinski definition) is 5. The number of nitrogens with zero attached hydrogens (tertiary/aromatic N) is 2. The second-order valence-electron chi connectivity index (χ2n) is 6.08. The molecule has 0 bridgehead atoms. The van der Waals surface area contributed by atoms with Crippen LogP contribution in [0, 0.1) is 0 Å². The zero-order valence-electron chi connectivity index (χ0n) is 15.6. The predicted molar refractivity (Wildman–Crippen MR) is 114 cm³/mol. The largest absolute Gasteiger partial charge is 0.372 e. The third kappa shape index (κ3) is 5.31. The highest BCUT2D eigenvalue weighted by Crippen LogP contribution is 2.21. The van der Waals surface area contributed by atoms with Crippen LogP contribution in [-0.4, -0.2) is 24.0 Å². The van der Waals surface area contributed by atoms with E-state index >= 15 is 0 Å². The summed E-state index contributed by atoms with van der Waals surface area (Å²) in [6, 6.07) is 15.9. The number of benzene rings is 1. The molecular formula is C21H24N4OS. The number of amides is 1. The van der Waals surface area contributed by atoms with Crippen LogP contribution in [-0.2, 0) is 11.2 Å². The van der Waals surface area contributed by atoms with Gasteiger partial charge in [0.25, 0.3) is 0 Å². The Hall–Kier alpha value is -2.86. The van der Waals surface area contributed by atoms with E-state index in [1.807, 2.05) is 41.8 Å². The van der Waals surface area contributed by atoms with Crippen LogP contribution in [0.15, 0.2) is 60.1 Å². The maximum absolute atomic E-state index is 12.0. The van der Waals surface area contributed by atoms with Crippen LogP contribution in [0.4, 0.5) is 22.9 Å². The number of carbonyl (C=O) groups excluding carboxylic acids is 1. The highest BCUT2D eigenvalue weighted by Gasteiger charge is 2.06. The number of carbonyl (C=O) groups is 1. The molecule has 3 aromatic rings. The molecule has 0 radical (unpaired) electrons. The summed E-state index contributed by atoms with van der Waals surface area (Å²) in [5.74, 6) is 0.703. The number of rotatable bonds is 8. The van der Waals surface area contributed by atoms with Crippen molar-refractivity contribution >= 4 is 40.1 Å². The zero-order valence-corrected chi connectivity index (χ0v) is 16.4. The maximum atomic E-state index is 12.0. The van der Waals surface area contributed by atoms with Crippen molar-refractivity contribution in [1.82, 2.24) is 4.98 Å². The van der Waals surface area contributed by atoms with E-state index in [1.165, 1.54) is 5.69 Å². The summed E-state index contributed by atoms with van der Waals surface area (Å²) in [6.45, 7) is 6.29. The molecule has 2 N–H and O–H groups in total. The van der Waals surface area contributed by atoms with Crippen LogP contribution < -0.4 is 15.5 Å². The highest BCUT2D eigenvalue weighted by molar-refractivity contribution is 7.10. The first kappa shape index (κ1) is 18.9. The van der Waals surface area contributed by atoms with Crippen molar-refractivity contribution in [1.29, 1.82) is 0 Å². The zero-order chi connectivity index (χ0) is 19.1. The fourth-order valence-corrected chi connectivity index (χ4v) is 3.51. The van der Waals surface area contributed by atoms with Crippen molar-refractivity contribution < 1.29 is 4.79 Å². The highest BCUT2D eigenvalue weighted by atomic mass is 32.1. The van der Waals surface area contributed by atoms with Crippen molar-refractivity contribution in [2.75, 3.05) is 28.6 Å². The molecule has 2 aromatic heterocycles. The molecule has 0 saturated heterocycles. The molecule has 0 fully saturated rings. The van der Waals surface area contributed by atoms with Crippen LogP contribution in [0.1, 0.15) is 18.7 Å². The fourth-order valence-electron chi connectivity index (χ4n) is 2.81. The molecule has 1 amide bonds. The van der Waals surface area contributed by atoms with Gasteiger partial charge >= 0.3 is 0 Å². The second kappa shape index (κ2) is 9.19. The molecule has 0 saturated carbocycles. The number of aromatic nitrogens is 1. The van der Waals surface area contributed by atoms with E-state index in [0.717, 1.165) is 29.5 Å². The van der Waals surface area contributed by atoms with Gasteiger partial charge in [0.15, 0.2) is 0 Å². The Labute approximate surface area is 164 Å². The molecule has 0 aliphatic rings. The van der Waals surface area contributed by atoms with E-state index in [1.54, 1.807) is 17.5 Å². The van der Waals surface area contributed by atoms with Crippen LogP contribution in [0.2, 0.25) is 0 Å². The van der Waals surface area contributed by atoms with Gasteiger partial charge in [-0.25, -0.2) is 4.98 Å². The van der Waals surface area contributed by atoms with Crippen LogP contribution >= 0.6 is 11.3 Å². The molecule has 0 aliphatic carbocycles. The van der Waals surface area contributed by atoms with Crippen molar-refractivity contribution in [3.8, 4) is 0 Å². The topological polar surface area (TPSA) is 57.3 Å². The van der Waals surface area contributed by atoms with E-state index in [0.29, 0.717) is 12.1 Å². The quantitative estimate of drug-likeness (QED) is 0.583. The van der Waals surface area contributed by atoms with E-state index in [-0.39, 0.29) is 5.91 Å². The minimum Gasteiger partial charge on any atom is -0.372 e. The van der Waals surface area contributed by atoms with Crippen molar-refractivity contribution in [3.05, 3.63) is 65.0 Å². The van der Waals surface area contributed by atoms with Gasteiger partial charge in [-0.1, -0.05) is 6.07 Å². The van der Waals surface area contributed by atoms with E-state index < -0.39 is 0 Å². The third-order valence-corrected chi connectivity index (χ3v) is 5.11.